The molecular weight excluding hydrogens is 299 g/mol. The number of ether oxygens (including phenoxy) is 1. The molecule has 0 saturated carbocycles. The van der Waals surface area contributed by atoms with Crippen molar-refractivity contribution in [1.82, 2.24) is 15.0 Å². The van der Waals surface area contributed by atoms with Gasteiger partial charge in [0.2, 0.25) is 5.75 Å². The fraction of sp³-hybridized carbons (Fsp3) is 0.308. The number of halogens is 3. The van der Waals surface area contributed by atoms with Crippen molar-refractivity contribution in [3.8, 4) is 5.75 Å². The zero-order valence-electron chi connectivity index (χ0n) is 11.3. The monoisotopic (exact) mass is 311 g/mol. The standard InChI is InChI=1S/C13H12F3N5O/c14-13(15,16)9-3-1-2-8(21-9)6-18-12-10-11(19-7-20-12)17-4-5-22-10/h1-3,7H,4-6H2,(H2,17,18,19,20). The van der Waals surface area contributed by atoms with E-state index in [4.69, 9.17) is 4.74 Å². The van der Waals surface area contributed by atoms with Gasteiger partial charge in [-0.15, -0.1) is 0 Å². The molecule has 3 heterocycles. The minimum Gasteiger partial charge on any atom is -0.485 e. The largest absolute Gasteiger partial charge is 0.485 e. The van der Waals surface area contributed by atoms with Gasteiger partial charge in [-0.1, -0.05) is 6.07 Å². The lowest BCUT2D eigenvalue weighted by atomic mass is 10.3. The Labute approximate surface area is 123 Å². The molecule has 2 N–H and O–H groups in total. The predicted octanol–water partition coefficient (Wildman–Crippen LogP) is 2.31. The number of fused-ring (bicyclic) bond motifs is 1. The van der Waals surface area contributed by atoms with E-state index in [1.54, 1.807) is 0 Å². The molecule has 0 radical (unpaired) electrons. The van der Waals surface area contributed by atoms with Crippen LogP contribution in [-0.4, -0.2) is 28.1 Å². The lowest BCUT2D eigenvalue weighted by molar-refractivity contribution is -0.141. The summed E-state index contributed by atoms with van der Waals surface area (Å²) in [5.74, 6) is 1.43. The van der Waals surface area contributed by atoms with E-state index < -0.39 is 11.9 Å². The first-order valence-corrected chi connectivity index (χ1v) is 6.53. The molecule has 0 amide bonds. The van der Waals surface area contributed by atoms with Crippen LogP contribution in [0.1, 0.15) is 11.4 Å². The van der Waals surface area contributed by atoms with Gasteiger partial charge in [-0.25, -0.2) is 15.0 Å². The van der Waals surface area contributed by atoms with Gasteiger partial charge >= 0.3 is 6.18 Å². The highest BCUT2D eigenvalue weighted by atomic mass is 19.4. The number of alkyl halides is 3. The van der Waals surface area contributed by atoms with E-state index in [1.807, 2.05) is 0 Å². The van der Waals surface area contributed by atoms with Crippen LogP contribution in [0, 0.1) is 0 Å². The molecule has 116 valence electrons. The van der Waals surface area contributed by atoms with E-state index in [2.05, 4.69) is 25.6 Å². The minimum atomic E-state index is -4.46. The Balaban J connectivity index is 1.76. The van der Waals surface area contributed by atoms with Crippen LogP contribution in [0.5, 0.6) is 5.75 Å². The van der Waals surface area contributed by atoms with Gasteiger partial charge in [-0.2, -0.15) is 13.2 Å². The fourth-order valence-electron chi connectivity index (χ4n) is 2.00. The van der Waals surface area contributed by atoms with Crippen molar-refractivity contribution in [3.63, 3.8) is 0 Å². The maximum Gasteiger partial charge on any atom is 0.433 e. The Morgan fingerprint density at radius 1 is 1.27 bits per heavy atom. The molecule has 2 aromatic rings. The van der Waals surface area contributed by atoms with Crippen LogP contribution in [0.4, 0.5) is 24.8 Å². The van der Waals surface area contributed by atoms with E-state index in [0.717, 1.165) is 6.07 Å². The van der Waals surface area contributed by atoms with Crippen molar-refractivity contribution in [2.45, 2.75) is 12.7 Å². The van der Waals surface area contributed by atoms with Gasteiger partial charge in [-0.3, -0.25) is 0 Å². The van der Waals surface area contributed by atoms with Gasteiger partial charge in [0, 0.05) is 0 Å². The molecule has 22 heavy (non-hydrogen) atoms. The minimum absolute atomic E-state index is 0.0940. The predicted molar refractivity (Wildman–Crippen MR) is 72.6 cm³/mol. The summed E-state index contributed by atoms with van der Waals surface area (Å²) < 4.78 is 43.3. The van der Waals surface area contributed by atoms with Gasteiger partial charge in [-0.05, 0) is 12.1 Å². The summed E-state index contributed by atoms with van der Waals surface area (Å²) in [6.07, 6.45) is -3.11. The molecule has 0 unspecified atom stereocenters. The molecule has 0 atom stereocenters. The van der Waals surface area contributed by atoms with Gasteiger partial charge in [0.1, 0.15) is 18.6 Å². The summed E-state index contributed by atoms with van der Waals surface area (Å²) in [5.41, 5.74) is -0.666. The molecule has 0 spiro atoms. The molecule has 9 heteroatoms. The first-order valence-electron chi connectivity index (χ1n) is 6.53. The molecule has 0 fully saturated rings. The summed E-state index contributed by atoms with van der Waals surface area (Å²) in [4.78, 5) is 11.7. The van der Waals surface area contributed by atoms with Crippen molar-refractivity contribution >= 4 is 11.6 Å². The molecule has 0 saturated heterocycles. The number of nitrogens with zero attached hydrogens (tertiary/aromatic N) is 3. The molecule has 6 nitrogen and oxygen atoms in total. The third kappa shape index (κ3) is 3.02. The normalized spacial score (nSPS) is 13.8. The van der Waals surface area contributed by atoms with E-state index in [1.165, 1.54) is 18.5 Å². The SMILES string of the molecule is FC(F)(F)c1cccc(CNc2ncnc3c2OCCN3)n1. The van der Waals surface area contributed by atoms with Crippen LogP contribution in [0.15, 0.2) is 24.5 Å². The quantitative estimate of drug-likeness (QED) is 0.906. The van der Waals surface area contributed by atoms with Crippen molar-refractivity contribution in [2.75, 3.05) is 23.8 Å². The number of hydrogen-bond acceptors (Lipinski definition) is 6. The molecule has 0 aliphatic carbocycles. The van der Waals surface area contributed by atoms with E-state index >= 15 is 0 Å². The second-order valence-electron chi connectivity index (χ2n) is 4.54. The number of pyridine rings is 1. The molecule has 2 aromatic heterocycles. The Kier molecular flexibility index (Phi) is 3.70. The highest BCUT2D eigenvalue weighted by molar-refractivity contribution is 5.64. The Morgan fingerprint density at radius 2 is 2.14 bits per heavy atom. The molecule has 0 aromatic carbocycles. The average molecular weight is 311 g/mol. The number of anilines is 2. The summed E-state index contributed by atoms with van der Waals surface area (Å²) in [6, 6.07) is 3.76. The third-order valence-corrected chi connectivity index (χ3v) is 2.98. The highest BCUT2D eigenvalue weighted by Crippen LogP contribution is 2.31. The zero-order chi connectivity index (χ0) is 15.6. The van der Waals surface area contributed by atoms with Crippen molar-refractivity contribution in [3.05, 3.63) is 35.9 Å². The second-order valence-corrected chi connectivity index (χ2v) is 4.54. The molecule has 1 aliphatic rings. The van der Waals surface area contributed by atoms with Crippen LogP contribution in [0.3, 0.4) is 0 Å². The molecule has 3 rings (SSSR count). The average Bonchev–Trinajstić information content (AvgIpc) is 2.52. The first-order chi connectivity index (χ1) is 10.5. The Hall–Kier alpha value is -2.58. The fourth-order valence-corrected chi connectivity index (χ4v) is 2.00. The van der Waals surface area contributed by atoms with Crippen LogP contribution in [0.2, 0.25) is 0 Å². The van der Waals surface area contributed by atoms with Crippen LogP contribution < -0.4 is 15.4 Å². The van der Waals surface area contributed by atoms with Crippen LogP contribution in [0.25, 0.3) is 0 Å². The summed E-state index contributed by atoms with van der Waals surface area (Å²) in [7, 11) is 0. The topological polar surface area (TPSA) is 72.0 Å². The lowest BCUT2D eigenvalue weighted by Crippen LogP contribution is -2.21. The smallest absolute Gasteiger partial charge is 0.433 e. The Bertz CT molecular complexity index is 677. The van der Waals surface area contributed by atoms with Crippen LogP contribution >= 0.6 is 0 Å². The number of aromatic nitrogens is 3. The van der Waals surface area contributed by atoms with Gasteiger partial charge in [0.25, 0.3) is 0 Å². The van der Waals surface area contributed by atoms with Crippen molar-refractivity contribution in [2.24, 2.45) is 0 Å². The number of nitrogens with one attached hydrogen (secondary N) is 2. The maximum absolute atomic E-state index is 12.6. The molecule has 1 aliphatic heterocycles. The van der Waals surface area contributed by atoms with E-state index in [-0.39, 0.29) is 12.2 Å². The van der Waals surface area contributed by atoms with E-state index in [9.17, 15) is 13.2 Å². The van der Waals surface area contributed by atoms with E-state index in [0.29, 0.717) is 30.5 Å². The van der Waals surface area contributed by atoms with Gasteiger partial charge < -0.3 is 15.4 Å². The molecular formula is C13H12F3N5O. The first kappa shape index (κ1) is 14.4. The van der Waals surface area contributed by atoms with Crippen molar-refractivity contribution in [1.29, 1.82) is 0 Å². The maximum atomic E-state index is 12.6. The number of rotatable bonds is 3. The molecule has 0 bridgehead atoms. The summed E-state index contributed by atoms with van der Waals surface area (Å²) >= 11 is 0. The van der Waals surface area contributed by atoms with Gasteiger partial charge in [0.05, 0.1) is 18.8 Å². The number of hydrogen-bond donors (Lipinski definition) is 2. The van der Waals surface area contributed by atoms with Crippen molar-refractivity contribution < 1.29 is 17.9 Å². The summed E-state index contributed by atoms with van der Waals surface area (Å²) in [5, 5.41) is 5.97. The lowest BCUT2D eigenvalue weighted by Gasteiger charge is -2.20. The summed E-state index contributed by atoms with van der Waals surface area (Å²) in [6.45, 7) is 1.20. The van der Waals surface area contributed by atoms with Crippen LogP contribution in [-0.2, 0) is 12.7 Å². The zero-order valence-corrected chi connectivity index (χ0v) is 11.3. The second kappa shape index (κ2) is 5.66. The third-order valence-electron chi connectivity index (χ3n) is 2.98. The Morgan fingerprint density at radius 3 is 2.95 bits per heavy atom. The van der Waals surface area contributed by atoms with Gasteiger partial charge in [0.15, 0.2) is 11.6 Å². The highest BCUT2D eigenvalue weighted by Gasteiger charge is 2.32.